The molecular weight excluding hydrogens is 329 g/mol. The number of aromatic nitrogens is 4. The molecule has 0 spiro atoms. The van der Waals surface area contributed by atoms with Gasteiger partial charge >= 0.3 is 7.12 Å². The maximum absolute atomic E-state index is 9.49. The van der Waals surface area contributed by atoms with Crippen LogP contribution in [0.1, 0.15) is 33.3 Å². The lowest BCUT2D eigenvalue weighted by Crippen LogP contribution is -2.41. The predicted molar refractivity (Wildman–Crippen MR) is 97.8 cm³/mol. The molecule has 8 heteroatoms. The van der Waals surface area contributed by atoms with Gasteiger partial charge < -0.3 is 9.31 Å². The number of rotatable bonds is 2. The minimum Gasteiger partial charge on any atom is -0.399 e. The van der Waals surface area contributed by atoms with Gasteiger partial charge in [0.2, 0.25) is 0 Å². The molecule has 0 unspecified atom stereocenters. The van der Waals surface area contributed by atoms with Crippen LogP contribution < -0.4 is 5.46 Å². The van der Waals surface area contributed by atoms with Crippen molar-refractivity contribution in [1.29, 1.82) is 5.26 Å². The molecule has 1 aliphatic rings. The fourth-order valence-electron chi connectivity index (χ4n) is 3.09. The van der Waals surface area contributed by atoms with Crippen LogP contribution in [0, 0.1) is 11.3 Å². The summed E-state index contributed by atoms with van der Waals surface area (Å²) in [6.07, 6.45) is 5.32. The van der Waals surface area contributed by atoms with Crippen molar-refractivity contribution >= 4 is 18.1 Å². The second kappa shape index (κ2) is 5.43. The molecule has 0 N–H and O–H groups in total. The van der Waals surface area contributed by atoms with Crippen LogP contribution in [-0.2, 0) is 16.4 Å². The number of nitriles is 1. The van der Waals surface area contributed by atoms with Gasteiger partial charge in [0.1, 0.15) is 6.07 Å². The summed E-state index contributed by atoms with van der Waals surface area (Å²) in [4.78, 5) is 0. The normalized spacial score (nSPS) is 18.4. The van der Waals surface area contributed by atoms with E-state index in [2.05, 4.69) is 16.3 Å². The molecule has 0 amide bonds. The molecule has 0 aromatic carbocycles. The number of aryl methyl sites for hydroxylation is 1. The van der Waals surface area contributed by atoms with Crippen molar-refractivity contribution in [1.82, 2.24) is 19.4 Å². The SMILES string of the molecule is Cn1ccc(-c2cc(B3OC(C)(C)C(C)(C)O3)c3c(C#N)cnn3c2)n1. The molecule has 0 bridgehead atoms. The number of hydrogen-bond acceptors (Lipinski definition) is 5. The van der Waals surface area contributed by atoms with E-state index in [1.54, 1.807) is 15.4 Å². The Kier molecular flexibility index (Phi) is 3.52. The third-order valence-electron chi connectivity index (χ3n) is 5.28. The minimum absolute atomic E-state index is 0.470. The molecule has 7 nitrogen and oxygen atoms in total. The van der Waals surface area contributed by atoms with Crippen LogP contribution in [0.2, 0.25) is 0 Å². The summed E-state index contributed by atoms with van der Waals surface area (Å²) < 4.78 is 15.9. The first-order chi connectivity index (χ1) is 12.2. The Labute approximate surface area is 152 Å². The maximum Gasteiger partial charge on any atom is 0.497 e. The van der Waals surface area contributed by atoms with Gasteiger partial charge in [0.05, 0.1) is 34.2 Å². The number of fused-ring (bicyclic) bond motifs is 1. The third-order valence-corrected chi connectivity index (χ3v) is 5.28. The summed E-state index contributed by atoms with van der Waals surface area (Å²) in [5, 5.41) is 18.3. The molecule has 0 atom stereocenters. The van der Waals surface area contributed by atoms with Crippen LogP contribution in [-0.4, -0.2) is 37.7 Å². The zero-order valence-electron chi connectivity index (χ0n) is 15.5. The highest BCUT2D eigenvalue weighted by molar-refractivity contribution is 6.64. The molecule has 4 heterocycles. The van der Waals surface area contributed by atoms with Crippen molar-refractivity contribution in [2.75, 3.05) is 0 Å². The van der Waals surface area contributed by atoms with Gasteiger partial charge in [0.25, 0.3) is 0 Å². The Bertz CT molecular complexity index is 1030. The molecule has 3 aromatic heterocycles. The highest BCUT2D eigenvalue weighted by Crippen LogP contribution is 2.37. The summed E-state index contributed by atoms with van der Waals surface area (Å²) >= 11 is 0. The van der Waals surface area contributed by atoms with Crippen LogP contribution in [0.15, 0.2) is 30.7 Å². The van der Waals surface area contributed by atoms with Crippen molar-refractivity contribution in [3.05, 3.63) is 36.3 Å². The van der Waals surface area contributed by atoms with Crippen LogP contribution in [0.5, 0.6) is 0 Å². The molecule has 0 aliphatic carbocycles. The lowest BCUT2D eigenvalue weighted by atomic mass is 9.77. The van der Waals surface area contributed by atoms with Gasteiger partial charge in [-0.05, 0) is 39.8 Å². The van der Waals surface area contributed by atoms with Crippen molar-refractivity contribution < 1.29 is 9.31 Å². The Morgan fingerprint density at radius 2 is 1.88 bits per heavy atom. The fraction of sp³-hybridized carbons (Fsp3) is 0.389. The quantitative estimate of drug-likeness (QED) is 0.661. The standard InChI is InChI=1S/C18H20BN5O2/c1-17(2)18(3,4)26-19(25-17)14-8-12(15-6-7-23(5)22-15)11-24-16(14)13(9-20)10-21-24/h6-8,10-11H,1-5H3. The van der Waals surface area contributed by atoms with Gasteiger partial charge in [0, 0.05) is 30.5 Å². The first-order valence-corrected chi connectivity index (χ1v) is 8.49. The molecule has 26 heavy (non-hydrogen) atoms. The van der Waals surface area contributed by atoms with E-state index in [0.717, 1.165) is 16.7 Å². The summed E-state index contributed by atoms with van der Waals surface area (Å²) in [6.45, 7) is 8.03. The van der Waals surface area contributed by atoms with E-state index < -0.39 is 18.3 Å². The lowest BCUT2D eigenvalue weighted by Gasteiger charge is -2.32. The summed E-state index contributed by atoms with van der Waals surface area (Å²) in [5.74, 6) is 0. The molecule has 1 fully saturated rings. The molecule has 3 aromatic rings. The predicted octanol–water partition coefficient (Wildman–Crippen LogP) is 1.91. The molecule has 1 aliphatic heterocycles. The fourth-order valence-corrected chi connectivity index (χ4v) is 3.09. The number of hydrogen-bond donors (Lipinski definition) is 0. The molecule has 0 saturated carbocycles. The lowest BCUT2D eigenvalue weighted by molar-refractivity contribution is 0.00578. The van der Waals surface area contributed by atoms with E-state index in [9.17, 15) is 5.26 Å². The first kappa shape index (κ1) is 16.8. The minimum atomic E-state index is -0.588. The largest absolute Gasteiger partial charge is 0.497 e. The molecular formula is C18H20BN5O2. The van der Waals surface area contributed by atoms with E-state index in [0.29, 0.717) is 11.1 Å². The number of pyridine rings is 1. The van der Waals surface area contributed by atoms with Crippen molar-refractivity contribution in [2.45, 2.75) is 38.9 Å². The van der Waals surface area contributed by atoms with E-state index in [4.69, 9.17) is 9.31 Å². The van der Waals surface area contributed by atoms with E-state index >= 15 is 0 Å². The second-order valence-corrected chi connectivity index (χ2v) is 7.61. The van der Waals surface area contributed by atoms with Gasteiger partial charge in [0.15, 0.2) is 0 Å². The summed E-state index contributed by atoms with van der Waals surface area (Å²) in [7, 11) is 1.29. The smallest absolute Gasteiger partial charge is 0.399 e. The molecule has 4 rings (SSSR count). The second-order valence-electron chi connectivity index (χ2n) is 7.61. The van der Waals surface area contributed by atoms with Gasteiger partial charge in [-0.3, -0.25) is 4.68 Å². The van der Waals surface area contributed by atoms with Gasteiger partial charge in [-0.25, -0.2) is 4.52 Å². The average molecular weight is 349 g/mol. The van der Waals surface area contributed by atoms with Crippen LogP contribution in [0.3, 0.4) is 0 Å². The van der Waals surface area contributed by atoms with Crippen molar-refractivity contribution in [3.8, 4) is 17.3 Å². The van der Waals surface area contributed by atoms with E-state index in [1.165, 1.54) is 0 Å². The maximum atomic E-state index is 9.49. The van der Waals surface area contributed by atoms with Gasteiger partial charge in [-0.15, -0.1) is 0 Å². The van der Waals surface area contributed by atoms with E-state index in [-0.39, 0.29) is 0 Å². The topological polar surface area (TPSA) is 77.4 Å². The number of nitrogens with zero attached hydrogens (tertiary/aromatic N) is 5. The Morgan fingerprint density at radius 1 is 1.19 bits per heavy atom. The van der Waals surface area contributed by atoms with E-state index in [1.807, 2.05) is 59.3 Å². The monoisotopic (exact) mass is 349 g/mol. The highest BCUT2D eigenvalue weighted by atomic mass is 16.7. The highest BCUT2D eigenvalue weighted by Gasteiger charge is 2.52. The zero-order valence-corrected chi connectivity index (χ0v) is 15.5. The molecule has 0 radical (unpaired) electrons. The Morgan fingerprint density at radius 3 is 2.46 bits per heavy atom. The molecule has 132 valence electrons. The van der Waals surface area contributed by atoms with Crippen molar-refractivity contribution in [3.63, 3.8) is 0 Å². The van der Waals surface area contributed by atoms with Crippen LogP contribution in [0.25, 0.3) is 16.8 Å². The van der Waals surface area contributed by atoms with Crippen LogP contribution >= 0.6 is 0 Å². The van der Waals surface area contributed by atoms with Crippen molar-refractivity contribution in [2.24, 2.45) is 7.05 Å². The first-order valence-electron chi connectivity index (χ1n) is 8.49. The molecule has 1 saturated heterocycles. The average Bonchev–Trinajstić information content (AvgIpc) is 3.23. The zero-order chi connectivity index (χ0) is 18.7. The van der Waals surface area contributed by atoms with Gasteiger partial charge in [-0.1, -0.05) is 0 Å². The van der Waals surface area contributed by atoms with Crippen LogP contribution in [0.4, 0.5) is 0 Å². The van der Waals surface area contributed by atoms with Gasteiger partial charge in [-0.2, -0.15) is 15.5 Å². The Hall–Kier alpha value is -2.63. The summed E-state index contributed by atoms with van der Waals surface area (Å²) in [6, 6.07) is 6.11. The Balaban J connectivity index is 1.92. The summed E-state index contributed by atoms with van der Waals surface area (Å²) in [5.41, 5.74) is 2.73. The third kappa shape index (κ3) is 2.43.